The molecule has 1 atom stereocenters. The quantitative estimate of drug-likeness (QED) is 0.750. The largest absolute Gasteiger partial charge is 0.469 e. The molecule has 3 heterocycles. The zero-order valence-corrected chi connectivity index (χ0v) is 16.8. The molecule has 30 heavy (non-hydrogen) atoms. The number of hydrogen-bond acceptors (Lipinski definition) is 5. The van der Waals surface area contributed by atoms with Gasteiger partial charge in [0.25, 0.3) is 0 Å². The second-order valence-corrected chi connectivity index (χ2v) is 7.89. The molecule has 4 rings (SSSR count). The van der Waals surface area contributed by atoms with E-state index in [9.17, 15) is 23.9 Å². The Bertz CT molecular complexity index is 858. The smallest absolute Gasteiger partial charge is 0.407 e. The molecule has 3 aliphatic heterocycles. The number of carboxylic acid groups (broad SMARTS) is 1. The third-order valence-corrected chi connectivity index (χ3v) is 6.24. The van der Waals surface area contributed by atoms with Crippen molar-refractivity contribution in [1.82, 2.24) is 9.80 Å². The van der Waals surface area contributed by atoms with Crippen LogP contribution in [0.5, 0.6) is 0 Å². The van der Waals surface area contributed by atoms with Gasteiger partial charge in [0.1, 0.15) is 5.82 Å². The number of urea groups is 1. The lowest BCUT2D eigenvalue weighted by Gasteiger charge is -2.34. The lowest BCUT2D eigenvalue weighted by atomic mass is 9.96. The Morgan fingerprint density at radius 2 is 1.87 bits per heavy atom. The van der Waals surface area contributed by atoms with E-state index in [4.69, 9.17) is 4.74 Å². The van der Waals surface area contributed by atoms with Crippen molar-refractivity contribution >= 4 is 29.5 Å². The minimum absolute atomic E-state index is 0.125. The van der Waals surface area contributed by atoms with E-state index in [1.165, 1.54) is 23.0 Å². The summed E-state index contributed by atoms with van der Waals surface area (Å²) < 4.78 is 19.8. The lowest BCUT2D eigenvalue weighted by Crippen LogP contribution is -2.53. The highest BCUT2D eigenvalue weighted by Crippen LogP contribution is 2.32. The molecule has 3 saturated heterocycles. The standard InChI is InChI=1S/C20H25FN4O5/c1-30-18(26)13-4-6-22(7-5-13)14-2-3-17(16(21)10-14)25-12-15-11-23(20(28)29)8-9-24(15)19(25)27/h2-3,10,13,15H,4-9,11-12H2,1H3,(H,28,29)/t15-/m0/s1. The third-order valence-electron chi connectivity index (χ3n) is 6.24. The maximum Gasteiger partial charge on any atom is 0.407 e. The number of piperazine rings is 1. The Labute approximate surface area is 173 Å². The van der Waals surface area contributed by atoms with Crippen LogP contribution in [-0.4, -0.2) is 85.4 Å². The number of amides is 3. The summed E-state index contributed by atoms with van der Waals surface area (Å²) in [5.74, 6) is -0.826. The molecule has 0 unspecified atom stereocenters. The Hall–Kier alpha value is -3.04. The number of esters is 1. The molecule has 0 aliphatic carbocycles. The van der Waals surface area contributed by atoms with Crippen molar-refractivity contribution in [2.45, 2.75) is 18.9 Å². The van der Waals surface area contributed by atoms with Crippen molar-refractivity contribution in [3.63, 3.8) is 0 Å². The van der Waals surface area contributed by atoms with E-state index in [0.717, 1.165) is 0 Å². The molecule has 10 heteroatoms. The lowest BCUT2D eigenvalue weighted by molar-refractivity contribution is -0.146. The number of hydrogen-bond donors (Lipinski definition) is 1. The van der Waals surface area contributed by atoms with Crippen LogP contribution in [0.15, 0.2) is 18.2 Å². The highest BCUT2D eigenvalue weighted by atomic mass is 19.1. The van der Waals surface area contributed by atoms with E-state index in [2.05, 4.69) is 0 Å². The fraction of sp³-hybridized carbons (Fsp3) is 0.550. The molecule has 0 saturated carbocycles. The van der Waals surface area contributed by atoms with Crippen molar-refractivity contribution < 1.29 is 28.6 Å². The fourth-order valence-corrected chi connectivity index (χ4v) is 4.53. The Kier molecular flexibility index (Phi) is 5.40. The molecule has 162 valence electrons. The highest BCUT2D eigenvalue weighted by molar-refractivity contribution is 5.95. The monoisotopic (exact) mass is 420 g/mol. The van der Waals surface area contributed by atoms with Crippen LogP contribution in [0.3, 0.4) is 0 Å². The molecule has 1 N–H and O–H groups in total. The van der Waals surface area contributed by atoms with Crippen LogP contribution in [0.4, 0.5) is 25.4 Å². The SMILES string of the molecule is COC(=O)C1CCN(c2ccc(N3C[C@@H]4CN(C(=O)O)CCN4C3=O)c(F)c2)CC1. The van der Waals surface area contributed by atoms with Gasteiger partial charge in [0, 0.05) is 38.4 Å². The van der Waals surface area contributed by atoms with Crippen LogP contribution in [0.1, 0.15) is 12.8 Å². The van der Waals surface area contributed by atoms with E-state index in [1.807, 2.05) is 4.90 Å². The van der Waals surface area contributed by atoms with Crippen LogP contribution < -0.4 is 9.80 Å². The number of carbonyl (C=O) groups is 3. The van der Waals surface area contributed by atoms with E-state index in [0.29, 0.717) is 38.2 Å². The van der Waals surface area contributed by atoms with Crippen molar-refractivity contribution in [3.05, 3.63) is 24.0 Å². The third kappa shape index (κ3) is 3.61. The first-order valence-corrected chi connectivity index (χ1v) is 10.1. The minimum Gasteiger partial charge on any atom is -0.469 e. The maximum absolute atomic E-state index is 15.0. The van der Waals surface area contributed by atoms with Crippen LogP contribution in [0.25, 0.3) is 0 Å². The van der Waals surface area contributed by atoms with Gasteiger partial charge in [0.15, 0.2) is 0 Å². The van der Waals surface area contributed by atoms with Gasteiger partial charge in [0.05, 0.1) is 31.3 Å². The number of carbonyl (C=O) groups excluding carboxylic acids is 2. The molecule has 9 nitrogen and oxygen atoms in total. The molecule has 0 radical (unpaired) electrons. The zero-order chi connectivity index (χ0) is 21.4. The van der Waals surface area contributed by atoms with Gasteiger partial charge >= 0.3 is 18.1 Å². The molecule has 1 aromatic rings. The van der Waals surface area contributed by atoms with E-state index >= 15 is 0 Å². The minimum atomic E-state index is -1.01. The zero-order valence-electron chi connectivity index (χ0n) is 16.8. The first-order chi connectivity index (χ1) is 14.4. The second-order valence-electron chi connectivity index (χ2n) is 7.89. The summed E-state index contributed by atoms with van der Waals surface area (Å²) in [6.07, 6.45) is 0.293. The Morgan fingerprint density at radius 1 is 1.13 bits per heavy atom. The van der Waals surface area contributed by atoms with Gasteiger partial charge in [0.2, 0.25) is 0 Å². The molecule has 0 aromatic heterocycles. The van der Waals surface area contributed by atoms with Crippen molar-refractivity contribution in [1.29, 1.82) is 0 Å². The normalized spacial score (nSPS) is 22.3. The summed E-state index contributed by atoms with van der Waals surface area (Å²) >= 11 is 0. The van der Waals surface area contributed by atoms with E-state index in [1.54, 1.807) is 17.0 Å². The average molecular weight is 420 g/mol. The second kappa shape index (κ2) is 8.00. The highest BCUT2D eigenvalue weighted by Gasteiger charge is 2.43. The van der Waals surface area contributed by atoms with E-state index in [-0.39, 0.29) is 49.3 Å². The summed E-state index contributed by atoms with van der Waals surface area (Å²) in [7, 11) is 1.38. The average Bonchev–Trinajstić information content (AvgIpc) is 3.08. The van der Waals surface area contributed by atoms with Crippen molar-refractivity contribution in [3.8, 4) is 0 Å². The summed E-state index contributed by atoms with van der Waals surface area (Å²) in [6, 6.07) is 4.23. The molecule has 3 fully saturated rings. The number of methoxy groups -OCH3 is 1. The fourth-order valence-electron chi connectivity index (χ4n) is 4.53. The first-order valence-electron chi connectivity index (χ1n) is 10.1. The first kappa shape index (κ1) is 20.2. The molecule has 3 aliphatic rings. The number of piperidine rings is 1. The topological polar surface area (TPSA) is 93.6 Å². The number of halogens is 1. The van der Waals surface area contributed by atoms with Gasteiger partial charge in [-0.2, -0.15) is 0 Å². The van der Waals surface area contributed by atoms with Crippen molar-refractivity contribution in [2.75, 3.05) is 56.2 Å². The predicted octanol–water partition coefficient (Wildman–Crippen LogP) is 1.82. The van der Waals surface area contributed by atoms with Gasteiger partial charge in [-0.25, -0.2) is 14.0 Å². The molecular formula is C20H25FN4O5. The molecule has 0 spiro atoms. The number of anilines is 2. The van der Waals surface area contributed by atoms with Crippen LogP contribution in [0, 0.1) is 11.7 Å². The summed E-state index contributed by atoms with van der Waals surface area (Å²) in [5.41, 5.74) is 0.908. The van der Waals surface area contributed by atoms with Crippen LogP contribution >= 0.6 is 0 Å². The van der Waals surface area contributed by atoms with Gasteiger partial charge < -0.3 is 24.5 Å². The molecular weight excluding hydrogens is 395 g/mol. The number of nitrogens with zero attached hydrogens (tertiary/aromatic N) is 4. The summed E-state index contributed by atoms with van der Waals surface area (Å²) in [6.45, 7) is 2.30. The number of fused-ring (bicyclic) bond motifs is 1. The Morgan fingerprint density at radius 3 is 2.50 bits per heavy atom. The number of benzene rings is 1. The Balaban J connectivity index is 1.45. The van der Waals surface area contributed by atoms with E-state index < -0.39 is 11.9 Å². The van der Waals surface area contributed by atoms with Gasteiger partial charge in [-0.3, -0.25) is 9.69 Å². The van der Waals surface area contributed by atoms with Gasteiger partial charge in [-0.15, -0.1) is 0 Å². The summed E-state index contributed by atoms with van der Waals surface area (Å²) in [5, 5.41) is 9.18. The number of ether oxygens (including phenoxy) is 1. The predicted molar refractivity (Wildman–Crippen MR) is 106 cm³/mol. The van der Waals surface area contributed by atoms with Crippen LogP contribution in [0.2, 0.25) is 0 Å². The van der Waals surface area contributed by atoms with Crippen LogP contribution in [-0.2, 0) is 9.53 Å². The number of rotatable bonds is 3. The van der Waals surface area contributed by atoms with Gasteiger partial charge in [-0.1, -0.05) is 0 Å². The molecule has 3 amide bonds. The van der Waals surface area contributed by atoms with Crippen molar-refractivity contribution in [2.24, 2.45) is 5.92 Å². The summed E-state index contributed by atoms with van der Waals surface area (Å²) in [4.78, 5) is 41.9. The molecule has 0 bridgehead atoms. The van der Waals surface area contributed by atoms with Gasteiger partial charge in [-0.05, 0) is 31.0 Å². The molecule has 1 aromatic carbocycles. The maximum atomic E-state index is 15.0.